The van der Waals surface area contributed by atoms with Crippen molar-refractivity contribution in [3.63, 3.8) is 0 Å². The quantitative estimate of drug-likeness (QED) is 0.342. The molecule has 0 aliphatic rings. The number of carbonyl (C=O) groups is 2. The zero-order valence-corrected chi connectivity index (χ0v) is 16.5. The van der Waals surface area contributed by atoms with Crippen LogP contribution in [0, 0.1) is 17.5 Å². The molecule has 0 fully saturated rings. The number of benzene rings is 2. The van der Waals surface area contributed by atoms with E-state index in [1.807, 2.05) is 22.8 Å². The van der Waals surface area contributed by atoms with Crippen molar-refractivity contribution in [2.24, 2.45) is 0 Å². The smallest absolute Gasteiger partial charge is 0.339 e. The van der Waals surface area contributed by atoms with Crippen LogP contribution in [-0.4, -0.2) is 23.5 Å². The summed E-state index contributed by atoms with van der Waals surface area (Å²) < 4.78 is 45.1. The maximum atomic E-state index is 13.7. The van der Waals surface area contributed by atoms with E-state index in [0.717, 1.165) is 10.9 Å². The van der Waals surface area contributed by atoms with Gasteiger partial charge in [0, 0.05) is 5.39 Å². The zero-order chi connectivity index (χ0) is 22.0. The lowest BCUT2D eigenvalue weighted by Gasteiger charge is -2.10. The van der Waals surface area contributed by atoms with Crippen LogP contribution in [0.4, 0.5) is 18.9 Å². The van der Waals surface area contributed by atoms with Crippen LogP contribution in [0.2, 0.25) is 0 Å². The number of fused-ring (bicyclic) bond motifs is 1. The molecule has 9 heteroatoms. The zero-order valence-electron chi connectivity index (χ0n) is 15.7. The van der Waals surface area contributed by atoms with Crippen LogP contribution in [0.5, 0.6) is 0 Å². The summed E-state index contributed by atoms with van der Waals surface area (Å²) in [5, 5.41) is 4.47. The molecule has 4 aromatic rings. The molecule has 2 aromatic heterocycles. The highest BCUT2D eigenvalue weighted by atomic mass is 32.1. The average molecular weight is 442 g/mol. The Morgan fingerprint density at radius 3 is 2.58 bits per heavy atom. The molecule has 0 unspecified atom stereocenters. The van der Waals surface area contributed by atoms with Crippen LogP contribution in [0.15, 0.2) is 60.0 Å². The lowest BCUT2D eigenvalue weighted by atomic mass is 10.1. The number of nitrogens with one attached hydrogen (secondary N) is 1. The number of esters is 1. The highest BCUT2D eigenvalue weighted by Crippen LogP contribution is 2.28. The third kappa shape index (κ3) is 4.26. The fourth-order valence-corrected chi connectivity index (χ4v) is 3.60. The van der Waals surface area contributed by atoms with Gasteiger partial charge in [0.15, 0.2) is 24.1 Å². The lowest BCUT2D eigenvalue weighted by Crippen LogP contribution is -2.22. The Labute approximate surface area is 178 Å². The molecule has 2 heterocycles. The minimum atomic E-state index is -1.71. The van der Waals surface area contributed by atoms with Crippen molar-refractivity contribution in [3.05, 3.63) is 83.0 Å². The Balaban J connectivity index is 1.53. The van der Waals surface area contributed by atoms with Gasteiger partial charge in [0.25, 0.3) is 5.91 Å². The number of hydrogen-bond acceptors (Lipinski definition) is 5. The number of hydrogen-bond donors (Lipinski definition) is 1. The predicted octanol–water partition coefficient (Wildman–Crippen LogP) is 5.18. The molecule has 0 bridgehead atoms. The topological polar surface area (TPSA) is 68.3 Å². The van der Waals surface area contributed by atoms with E-state index in [9.17, 15) is 22.8 Å². The Kier molecular flexibility index (Phi) is 5.68. The third-order valence-corrected chi connectivity index (χ3v) is 5.25. The van der Waals surface area contributed by atoms with Gasteiger partial charge >= 0.3 is 5.97 Å². The predicted molar refractivity (Wildman–Crippen MR) is 110 cm³/mol. The van der Waals surface area contributed by atoms with Gasteiger partial charge < -0.3 is 10.1 Å². The molecular weight excluding hydrogens is 429 g/mol. The molecular formula is C22H13F3N2O3S. The number of para-hydroxylation sites is 1. The molecule has 0 atom stereocenters. The lowest BCUT2D eigenvalue weighted by molar-refractivity contribution is -0.119. The largest absolute Gasteiger partial charge is 0.452 e. The van der Waals surface area contributed by atoms with Crippen molar-refractivity contribution < 1.29 is 27.5 Å². The third-order valence-electron chi connectivity index (χ3n) is 4.35. The molecule has 1 N–H and O–H groups in total. The van der Waals surface area contributed by atoms with E-state index in [2.05, 4.69) is 4.98 Å². The summed E-state index contributed by atoms with van der Waals surface area (Å²) in [6.45, 7) is -0.748. The van der Waals surface area contributed by atoms with Gasteiger partial charge in [-0.2, -0.15) is 0 Å². The summed E-state index contributed by atoms with van der Waals surface area (Å²) in [5.74, 6) is -6.32. The van der Waals surface area contributed by atoms with E-state index in [1.165, 1.54) is 11.3 Å². The van der Waals surface area contributed by atoms with Gasteiger partial charge in [0.2, 0.25) is 0 Å². The Bertz CT molecular complexity index is 1290. The SMILES string of the molecule is O=C(COC(=O)c1cc(-c2cccs2)nc2ccccc12)Nc1ccc(F)c(F)c1F. The molecule has 156 valence electrons. The summed E-state index contributed by atoms with van der Waals surface area (Å²) >= 11 is 1.46. The standard InChI is InChI=1S/C22H13F3N2O3S/c23-14-7-8-16(21(25)20(14)24)27-19(28)11-30-22(29)13-10-17(18-6-3-9-31-18)26-15-5-2-1-4-12(13)15/h1-10H,11H2,(H,27,28). The molecule has 0 aliphatic carbocycles. The highest BCUT2D eigenvalue weighted by molar-refractivity contribution is 7.13. The summed E-state index contributed by atoms with van der Waals surface area (Å²) in [6, 6.07) is 13.8. The first-order chi connectivity index (χ1) is 14.9. The summed E-state index contributed by atoms with van der Waals surface area (Å²) in [7, 11) is 0. The molecule has 4 rings (SSSR count). The van der Waals surface area contributed by atoms with Crippen LogP contribution in [-0.2, 0) is 9.53 Å². The minimum absolute atomic E-state index is 0.209. The Hall–Kier alpha value is -3.72. The molecule has 0 radical (unpaired) electrons. The number of pyridine rings is 1. The number of nitrogens with zero attached hydrogens (tertiary/aromatic N) is 1. The summed E-state index contributed by atoms with van der Waals surface area (Å²) in [4.78, 5) is 30.1. The van der Waals surface area contributed by atoms with Gasteiger partial charge in [-0.15, -0.1) is 11.3 Å². The van der Waals surface area contributed by atoms with Gasteiger partial charge in [-0.3, -0.25) is 4.79 Å². The van der Waals surface area contributed by atoms with Crippen LogP contribution < -0.4 is 5.32 Å². The molecule has 0 saturated carbocycles. The first-order valence-electron chi connectivity index (χ1n) is 8.98. The Morgan fingerprint density at radius 1 is 1.00 bits per heavy atom. The van der Waals surface area contributed by atoms with Crippen LogP contribution in [0.25, 0.3) is 21.5 Å². The molecule has 2 aromatic carbocycles. The maximum absolute atomic E-state index is 13.7. The first-order valence-corrected chi connectivity index (χ1v) is 9.86. The van der Waals surface area contributed by atoms with E-state index in [0.29, 0.717) is 22.7 Å². The highest BCUT2D eigenvalue weighted by Gasteiger charge is 2.19. The van der Waals surface area contributed by atoms with E-state index >= 15 is 0 Å². The van der Waals surface area contributed by atoms with Gasteiger partial charge in [0.1, 0.15) is 0 Å². The fourth-order valence-electron chi connectivity index (χ4n) is 2.91. The molecule has 0 aliphatic heterocycles. The summed E-state index contributed by atoms with van der Waals surface area (Å²) in [6.07, 6.45) is 0. The average Bonchev–Trinajstić information content (AvgIpc) is 3.32. The molecule has 31 heavy (non-hydrogen) atoms. The number of carbonyl (C=O) groups excluding carboxylic acids is 2. The van der Waals surface area contributed by atoms with E-state index < -0.39 is 41.6 Å². The van der Waals surface area contributed by atoms with Crippen molar-refractivity contribution in [2.45, 2.75) is 0 Å². The second-order valence-corrected chi connectivity index (χ2v) is 7.34. The van der Waals surface area contributed by atoms with Gasteiger partial charge in [0.05, 0.1) is 27.3 Å². The molecule has 5 nitrogen and oxygen atoms in total. The van der Waals surface area contributed by atoms with E-state index in [-0.39, 0.29) is 5.56 Å². The van der Waals surface area contributed by atoms with Crippen LogP contribution in [0.1, 0.15) is 10.4 Å². The number of amides is 1. The number of thiophene rings is 1. The molecule has 0 spiro atoms. The fraction of sp³-hybridized carbons (Fsp3) is 0.0455. The van der Waals surface area contributed by atoms with Gasteiger partial charge in [-0.1, -0.05) is 24.3 Å². The minimum Gasteiger partial charge on any atom is -0.452 e. The molecule has 0 saturated heterocycles. The van der Waals surface area contributed by atoms with Crippen LogP contribution in [0.3, 0.4) is 0 Å². The van der Waals surface area contributed by atoms with Gasteiger partial charge in [-0.05, 0) is 35.7 Å². The second kappa shape index (κ2) is 8.57. The number of aromatic nitrogens is 1. The first kappa shape index (κ1) is 20.5. The van der Waals surface area contributed by atoms with Crippen LogP contribution >= 0.6 is 11.3 Å². The van der Waals surface area contributed by atoms with Crippen molar-refractivity contribution >= 4 is 39.8 Å². The Morgan fingerprint density at radius 2 is 1.81 bits per heavy atom. The van der Waals surface area contributed by atoms with Crippen molar-refractivity contribution in [3.8, 4) is 10.6 Å². The monoisotopic (exact) mass is 442 g/mol. The number of anilines is 1. The number of ether oxygens (including phenoxy) is 1. The maximum Gasteiger partial charge on any atom is 0.339 e. The van der Waals surface area contributed by atoms with Crippen molar-refractivity contribution in [2.75, 3.05) is 11.9 Å². The van der Waals surface area contributed by atoms with Crippen molar-refractivity contribution in [1.29, 1.82) is 0 Å². The normalized spacial score (nSPS) is 10.8. The number of halogens is 3. The van der Waals surface area contributed by atoms with E-state index in [4.69, 9.17) is 4.74 Å². The van der Waals surface area contributed by atoms with Gasteiger partial charge in [-0.25, -0.2) is 22.9 Å². The van der Waals surface area contributed by atoms with E-state index in [1.54, 1.807) is 30.3 Å². The molecule has 1 amide bonds. The number of rotatable bonds is 5. The summed E-state index contributed by atoms with van der Waals surface area (Å²) in [5.41, 5.74) is 0.803. The van der Waals surface area contributed by atoms with Crippen molar-refractivity contribution in [1.82, 2.24) is 4.98 Å². The second-order valence-electron chi connectivity index (χ2n) is 6.40.